The second kappa shape index (κ2) is 5.46. The summed E-state index contributed by atoms with van der Waals surface area (Å²) in [4.78, 5) is 12.0. The topological polar surface area (TPSA) is 46.9 Å². The minimum atomic E-state index is -4.46. The monoisotopic (exact) mass is 289 g/mol. The molecule has 2 rings (SSSR count). The molecule has 0 spiro atoms. The highest BCUT2D eigenvalue weighted by Crippen LogP contribution is 2.37. The van der Waals surface area contributed by atoms with Gasteiger partial charge in [-0.2, -0.15) is 18.3 Å². The van der Waals surface area contributed by atoms with E-state index in [4.69, 9.17) is 0 Å². The summed E-state index contributed by atoms with van der Waals surface area (Å²) in [5.41, 5.74) is 0.00317. The third-order valence-corrected chi connectivity index (χ3v) is 3.56. The zero-order valence-corrected chi connectivity index (χ0v) is 11.5. The number of carbonyl (C=O) groups is 1. The Labute approximate surface area is 115 Å². The predicted molar refractivity (Wildman–Crippen MR) is 67.3 cm³/mol. The van der Waals surface area contributed by atoms with Gasteiger partial charge in [0.15, 0.2) is 5.69 Å². The molecule has 0 saturated carbocycles. The smallest absolute Gasteiger partial charge is 0.355 e. The molecule has 0 saturated heterocycles. The number of halogens is 3. The van der Waals surface area contributed by atoms with Crippen LogP contribution >= 0.6 is 0 Å². The van der Waals surface area contributed by atoms with E-state index in [1.807, 2.05) is 0 Å². The van der Waals surface area contributed by atoms with Crippen LogP contribution < -0.4 is 5.32 Å². The maximum Gasteiger partial charge on any atom is 0.435 e. The maximum absolute atomic E-state index is 13.0. The molecule has 0 bridgehead atoms. The van der Waals surface area contributed by atoms with Gasteiger partial charge in [0.1, 0.15) is 6.04 Å². The average molecular weight is 289 g/mol. The molecule has 1 N–H and O–H groups in total. The number of likely N-dealkylation sites (N-methyl/N-ethyl adjacent to an activating group) is 1. The Balaban J connectivity index is 2.44. The molecular weight excluding hydrogens is 271 g/mol. The summed E-state index contributed by atoms with van der Waals surface area (Å²) in [5.74, 6) is -0.277. The van der Waals surface area contributed by atoms with E-state index in [0.29, 0.717) is 37.9 Å². The highest BCUT2D eigenvalue weighted by Gasteiger charge is 2.41. The summed E-state index contributed by atoms with van der Waals surface area (Å²) >= 11 is 0. The number of hydrogen-bond acceptors (Lipinski definition) is 2. The van der Waals surface area contributed by atoms with Crippen molar-refractivity contribution in [3.05, 3.63) is 17.0 Å². The van der Waals surface area contributed by atoms with Crippen LogP contribution in [-0.4, -0.2) is 22.2 Å². The van der Waals surface area contributed by atoms with Gasteiger partial charge in [0, 0.05) is 17.8 Å². The number of aromatic nitrogens is 2. The number of alkyl halides is 3. The SMILES string of the molecule is CCNC(=O)C(CC)n1nc(C(F)(F)F)c2c1CCC2. The summed E-state index contributed by atoms with van der Waals surface area (Å²) in [6.07, 6.45) is -2.43. The highest BCUT2D eigenvalue weighted by atomic mass is 19.4. The van der Waals surface area contributed by atoms with Crippen molar-refractivity contribution in [1.29, 1.82) is 0 Å². The van der Waals surface area contributed by atoms with Crippen molar-refractivity contribution >= 4 is 5.91 Å². The van der Waals surface area contributed by atoms with Crippen molar-refractivity contribution in [3.8, 4) is 0 Å². The third kappa shape index (κ3) is 2.53. The lowest BCUT2D eigenvalue weighted by atomic mass is 10.1. The lowest BCUT2D eigenvalue weighted by Crippen LogP contribution is -2.33. The first-order valence-corrected chi connectivity index (χ1v) is 6.85. The van der Waals surface area contributed by atoms with E-state index in [1.165, 1.54) is 4.68 Å². The maximum atomic E-state index is 13.0. The Morgan fingerprint density at radius 2 is 2.10 bits per heavy atom. The number of fused-ring (bicyclic) bond motifs is 1. The average Bonchev–Trinajstić information content (AvgIpc) is 2.92. The second-order valence-electron chi connectivity index (χ2n) is 4.89. The van der Waals surface area contributed by atoms with Gasteiger partial charge in [0.25, 0.3) is 0 Å². The van der Waals surface area contributed by atoms with E-state index in [2.05, 4.69) is 10.4 Å². The van der Waals surface area contributed by atoms with Gasteiger partial charge in [0.05, 0.1) is 0 Å². The lowest BCUT2D eigenvalue weighted by Gasteiger charge is -2.17. The van der Waals surface area contributed by atoms with Gasteiger partial charge in [-0.1, -0.05) is 6.92 Å². The largest absolute Gasteiger partial charge is 0.435 e. The summed E-state index contributed by atoms with van der Waals surface area (Å²) in [6, 6.07) is -0.669. The van der Waals surface area contributed by atoms with E-state index >= 15 is 0 Å². The zero-order valence-electron chi connectivity index (χ0n) is 11.5. The van der Waals surface area contributed by atoms with Crippen LogP contribution in [0, 0.1) is 0 Å². The molecule has 1 unspecified atom stereocenters. The molecule has 1 amide bonds. The van der Waals surface area contributed by atoms with E-state index in [-0.39, 0.29) is 11.5 Å². The molecule has 1 heterocycles. The van der Waals surface area contributed by atoms with Gasteiger partial charge in [-0.25, -0.2) is 0 Å². The van der Waals surface area contributed by atoms with Gasteiger partial charge >= 0.3 is 6.18 Å². The van der Waals surface area contributed by atoms with Crippen LogP contribution in [-0.2, 0) is 23.8 Å². The van der Waals surface area contributed by atoms with E-state index in [1.54, 1.807) is 13.8 Å². The molecule has 0 radical (unpaired) electrons. The van der Waals surface area contributed by atoms with Crippen LogP contribution in [0.15, 0.2) is 0 Å². The first-order chi connectivity index (χ1) is 9.40. The van der Waals surface area contributed by atoms with Crippen molar-refractivity contribution in [3.63, 3.8) is 0 Å². The van der Waals surface area contributed by atoms with Crippen LogP contribution in [0.2, 0.25) is 0 Å². The van der Waals surface area contributed by atoms with Crippen LogP contribution in [0.3, 0.4) is 0 Å². The molecular formula is C13H18F3N3O. The van der Waals surface area contributed by atoms with E-state index in [0.717, 1.165) is 0 Å². The molecule has 112 valence electrons. The fourth-order valence-corrected chi connectivity index (χ4v) is 2.71. The van der Waals surface area contributed by atoms with Crippen molar-refractivity contribution < 1.29 is 18.0 Å². The molecule has 20 heavy (non-hydrogen) atoms. The van der Waals surface area contributed by atoms with Crippen LogP contribution in [0.5, 0.6) is 0 Å². The summed E-state index contributed by atoms with van der Waals surface area (Å²) < 4.78 is 40.3. The molecule has 1 aliphatic carbocycles. The van der Waals surface area contributed by atoms with Crippen molar-refractivity contribution in [2.45, 2.75) is 51.7 Å². The van der Waals surface area contributed by atoms with Crippen molar-refractivity contribution in [1.82, 2.24) is 15.1 Å². The molecule has 1 aliphatic rings. The zero-order chi connectivity index (χ0) is 14.9. The molecule has 0 aromatic carbocycles. The van der Waals surface area contributed by atoms with Gasteiger partial charge in [-0.3, -0.25) is 9.48 Å². The van der Waals surface area contributed by atoms with E-state index < -0.39 is 17.9 Å². The van der Waals surface area contributed by atoms with Crippen LogP contribution in [0.1, 0.15) is 49.7 Å². The minimum Gasteiger partial charge on any atom is -0.355 e. The Morgan fingerprint density at radius 3 is 2.65 bits per heavy atom. The molecule has 1 atom stereocenters. The summed E-state index contributed by atoms with van der Waals surface area (Å²) in [6.45, 7) is 4.00. The number of carbonyl (C=O) groups excluding carboxylic acids is 1. The van der Waals surface area contributed by atoms with Gasteiger partial charge < -0.3 is 5.32 Å². The minimum absolute atomic E-state index is 0.264. The molecule has 7 heteroatoms. The summed E-state index contributed by atoms with van der Waals surface area (Å²) in [5, 5.41) is 6.36. The molecule has 1 aromatic heterocycles. The Hall–Kier alpha value is -1.53. The van der Waals surface area contributed by atoms with Crippen molar-refractivity contribution in [2.75, 3.05) is 6.54 Å². The quantitative estimate of drug-likeness (QED) is 0.925. The molecule has 0 fully saturated rings. The number of rotatable bonds is 4. The second-order valence-corrected chi connectivity index (χ2v) is 4.89. The van der Waals surface area contributed by atoms with Crippen LogP contribution in [0.25, 0.3) is 0 Å². The normalized spacial score (nSPS) is 16.1. The number of hydrogen-bond donors (Lipinski definition) is 1. The number of amides is 1. The first-order valence-electron chi connectivity index (χ1n) is 6.85. The summed E-state index contributed by atoms with van der Waals surface area (Å²) in [7, 11) is 0. The standard InChI is InChI=1S/C13H18F3N3O/c1-3-9(12(20)17-4-2)19-10-7-5-6-8(10)11(18-19)13(14,15)16/h9H,3-7H2,1-2H3,(H,17,20). The lowest BCUT2D eigenvalue weighted by molar-refractivity contribution is -0.142. The van der Waals surface area contributed by atoms with Gasteiger partial charge in [-0.05, 0) is 32.6 Å². The third-order valence-electron chi connectivity index (χ3n) is 3.56. The fraction of sp³-hybridized carbons (Fsp3) is 0.692. The number of nitrogens with one attached hydrogen (secondary N) is 1. The highest BCUT2D eigenvalue weighted by molar-refractivity contribution is 5.80. The Kier molecular flexibility index (Phi) is 4.06. The van der Waals surface area contributed by atoms with E-state index in [9.17, 15) is 18.0 Å². The molecule has 0 aliphatic heterocycles. The fourth-order valence-electron chi connectivity index (χ4n) is 2.71. The van der Waals surface area contributed by atoms with Crippen LogP contribution in [0.4, 0.5) is 13.2 Å². The number of nitrogens with zero attached hydrogens (tertiary/aromatic N) is 2. The van der Waals surface area contributed by atoms with Gasteiger partial charge in [0.2, 0.25) is 5.91 Å². The molecule has 1 aromatic rings. The van der Waals surface area contributed by atoms with Crippen molar-refractivity contribution in [2.24, 2.45) is 0 Å². The first kappa shape index (κ1) is 14.9. The predicted octanol–water partition coefficient (Wildman–Crippen LogP) is 2.48. The Morgan fingerprint density at radius 1 is 1.40 bits per heavy atom. The van der Waals surface area contributed by atoms with Gasteiger partial charge in [-0.15, -0.1) is 0 Å². The Bertz CT molecular complexity index is 508. The molecule has 4 nitrogen and oxygen atoms in total.